The molecule has 1 aliphatic heterocycles. The van der Waals surface area contributed by atoms with Crippen molar-refractivity contribution in [1.29, 1.82) is 0 Å². The van der Waals surface area contributed by atoms with Crippen LogP contribution in [0, 0.1) is 0 Å². The zero-order chi connectivity index (χ0) is 8.43. The first-order valence-electron chi connectivity index (χ1n) is 2.70. The van der Waals surface area contributed by atoms with Gasteiger partial charge in [-0.15, -0.1) is 0 Å². The van der Waals surface area contributed by atoms with Gasteiger partial charge in [-0.1, -0.05) is 0 Å². The van der Waals surface area contributed by atoms with E-state index in [9.17, 15) is 14.4 Å². The van der Waals surface area contributed by atoms with Gasteiger partial charge in [0.05, 0.1) is 0 Å². The first-order chi connectivity index (χ1) is 5.15. The highest BCUT2D eigenvalue weighted by molar-refractivity contribution is 6.09. The van der Waals surface area contributed by atoms with Crippen molar-refractivity contribution in [2.24, 2.45) is 0 Å². The summed E-state index contributed by atoms with van der Waals surface area (Å²) in [6, 6.07) is -1.85. The van der Waals surface area contributed by atoms with Gasteiger partial charge >= 0.3 is 12.1 Å². The van der Waals surface area contributed by atoms with Crippen molar-refractivity contribution in [3.05, 3.63) is 0 Å². The lowest BCUT2D eigenvalue weighted by Crippen LogP contribution is -2.40. The van der Waals surface area contributed by atoms with Gasteiger partial charge in [0.1, 0.15) is 6.54 Å². The van der Waals surface area contributed by atoms with E-state index in [1.807, 2.05) is 5.32 Å². The minimum atomic E-state index is -1.02. The molecule has 5 amide bonds. The molecular weight excluding hydrogens is 154 g/mol. The Kier molecular flexibility index (Phi) is 1.73. The van der Waals surface area contributed by atoms with Crippen LogP contribution in [0.3, 0.4) is 0 Å². The summed E-state index contributed by atoms with van der Waals surface area (Å²) < 4.78 is 0. The summed E-state index contributed by atoms with van der Waals surface area (Å²) in [7, 11) is 0. The van der Waals surface area contributed by atoms with Gasteiger partial charge in [-0.2, -0.15) is 0 Å². The fourth-order valence-electron chi connectivity index (χ4n) is 0.666. The predicted molar refractivity (Wildman–Crippen MR) is 30.6 cm³/mol. The van der Waals surface area contributed by atoms with Gasteiger partial charge < -0.3 is 0 Å². The van der Waals surface area contributed by atoms with Crippen molar-refractivity contribution in [1.82, 2.24) is 15.7 Å². The number of hydrogen-bond donors (Lipinski definition) is 3. The predicted octanol–water partition coefficient (Wildman–Crippen LogP) is -1.36. The SMILES string of the molecule is O=C1CN(C(=O)NO)C(=O)N1. The van der Waals surface area contributed by atoms with Gasteiger partial charge in [0.25, 0.3) is 0 Å². The number of hydroxylamine groups is 1. The number of imide groups is 2. The zero-order valence-electron chi connectivity index (χ0n) is 5.33. The summed E-state index contributed by atoms with van der Waals surface area (Å²) >= 11 is 0. The quantitative estimate of drug-likeness (QED) is 0.231. The van der Waals surface area contributed by atoms with E-state index in [-0.39, 0.29) is 6.54 Å². The molecule has 0 saturated carbocycles. The second kappa shape index (κ2) is 2.54. The van der Waals surface area contributed by atoms with Crippen LogP contribution in [0.2, 0.25) is 0 Å². The Bertz CT molecular complexity index is 225. The van der Waals surface area contributed by atoms with Gasteiger partial charge in [0, 0.05) is 0 Å². The maximum atomic E-state index is 10.6. The van der Waals surface area contributed by atoms with Crippen LogP contribution < -0.4 is 10.8 Å². The van der Waals surface area contributed by atoms with Crippen molar-refractivity contribution in [3.8, 4) is 0 Å². The van der Waals surface area contributed by atoms with Crippen molar-refractivity contribution in [2.45, 2.75) is 0 Å². The van der Waals surface area contributed by atoms with Crippen molar-refractivity contribution < 1.29 is 19.6 Å². The fourth-order valence-corrected chi connectivity index (χ4v) is 0.666. The number of urea groups is 2. The first-order valence-corrected chi connectivity index (χ1v) is 2.70. The molecule has 0 spiro atoms. The molecule has 0 bridgehead atoms. The molecule has 0 aromatic heterocycles. The number of amides is 5. The van der Waals surface area contributed by atoms with E-state index in [1.54, 1.807) is 0 Å². The molecule has 1 saturated heterocycles. The standard InChI is InChI=1S/C4H5N3O4/c8-2-1-7(3(9)5-2)4(10)6-11/h11H,1H2,(H,6,10)(H,5,8,9). The Balaban J connectivity index is 2.67. The fraction of sp³-hybridized carbons (Fsp3) is 0.250. The molecule has 1 fully saturated rings. The lowest BCUT2D eigenvalue weighted by atomic mass is 10.6. The molecule has 0 atom stereocenters. The maximum absolute atomic E-state index is 10.6. The molecule has 0 unspecified atom stereocenters. The van der Waals surface area contributed by atoms with Crippen LogP contribution in [0.4, 0.5) is 9.59 Å². The van der Waals surface area contributed by atoms with Gasteiger partial charge in [0.2, 0.25) is 5.91 Å². The van der Waals surface area contributed by atoms with E-state index in [4.69, 9.17) is 5.21 Å². The smallest absolute Gasteiger partial charge is 0.287 e. The monoisotopic (exact) mass is 159 g/mol. The van der Waals surface area contributed by atoms with Crippen LogP contribution >= 0.6 is 0 Å². The molecule has 3 N–H and O–H groups in total. The Morgan fingerprint density at radius 3 is 2.64 bits per heavy atom. The van der Waals surface area contributed by atoms with Gasteiger partial charge in [0.15, 0.2) is 0 Å². The second-order valence-electron chi connectivity index (χ2n) is 1.86. The topological polar surface area (TPSA) is 98.7 Å². The molecule has 1 rings (SSSR count). The van der Waals surface area contributed by atoms with E-state index in [0.29, 0.717) is 4.90 Å². The summed E-state index contributed by atoms with van der Waals surface area (Å²) in [6.07, 6.45) is 0. The lowest BCUT2D eigenvalue weighted by molar-refractivity contribution is -0.118. The first kappa shape index (κ1) is 7.48. The third kappa shape index (κ3) is 1.27. The Morgan fingerprint density at radius 1 is 1.64 bits per heavy atom. The minimum absolute atomic E-state index is 0.356. The number of carbonyl (C=O) groups excluding carboxylic acids is 3. The number of carbonyl (C=O) groups is 3. The highest BCUT2D eigenvalue weighted by Gasteiger charge is 2.31. The van der Waals surface area contributed by atoms with E-state index in [0.717, 1.165) is 0 Å². The third-order valence-corrected chi connectivity index (χ3v) is 1.13. The average Bonchev–Trinajstić information content (AvgIpc) is 2.28. The summed E-state index contributed by atoms with van der Waals surface area (Å²) in [5.41, 5.74) is 1.23. The highest BCUT2D eigenvalue weighted by atomic mass is 16.5. The summed E-state index contributed by atoms with van der Waals surface area (Å²) in [4.78, 5) is 32.1. The van der Waals surface area contributed by atoms with Crippen molar-refractivity contribution in [3.63, 3.8) is 0 Å². The normalized spacial score (nSPS) is 16.6. The molecular formula is C4H5N3O4. The van der Waals surface area contributed by atoms with Crippen LogP contribution in [-0.4, -0.2) is 34.6 Å². The number of rotatable bonds is 0. The zero-order valence-corrected chi connectivity index (χ0v) is 5.33. The minimum Gasteiger partial charge on any atom is -0.287 e. The molecule has 0 radical (unpaired) electrons. The van der Waals surface area contributed by atoms with E-state index < -0.39 is 18.0 Å². The number of hydrogen-bond acceptors (Lipinski definition) is 4. The van der Waals surface area contributed by atoms with Crippen LogP contribution in [0.15, 0.2) is 0 Å². The Hall–Kier alpha value is -1.63. The molecule has 11 heavy (non-hydrogen) atoms. The van der Waals surface area contributed by atoms with Crippen LogP contribution in [0.5, 0.6) is 0 Å². The van der Waals surface area contributed by atoms with Crippen LogP contribution in [-0.2, 0) is 4.79 Å². The van der Waals surface area contributed by atoms with E-state index in [1.165, 1.54) is 5.48 Å². The van der Waals surface area contributed by atoms with Crippen LogP contribution in [0.1, 0.15) is 0 Å². The summed E-state index contributed by atoms with van der Waals surface area (Å²) in [6.45, 7) is -0.356. The number of nitrogens with one attached hydrogen (secondary N) is 2. The molecule has 7 nitrogen and oxygen atoms in total. The summed E-state index contributed by atoms with van der Waals surface area (Å²) in [5.74, 6) is -0.571. The van der Waals surface area contributed by atoms with Gasteiger partial charge in [-0.3, -0.25) is 15.3 Å². The van der Waals surface area contributed by atoms with E-state index >= 15 is 0 Å². The molecule has 60 valence electrons. The van der Waals surface area contributed by atoms with Crippen molar-refractivity contribution in [2.75, 3.05) is 6.54 Å². The van der Waals surface area contributed by atoms with E-state index in [2.05, 4.69) is 0 Å². The van der Waals surface area contributed by atoms with Gasteiger partial charge in [-0.25, -0.2) is 20.0 Å². The van der Waals surface area contributed by atoms with Crippen LogP contribution in [0.25, 0.3) is 0 Å². The van der Waals surface area contributed by atoms with Crippen molar-refractivity contribution >= 4 is 18.0 Å². The number of nitrogens with zero attached hydrogens (tertiary/aromatic N) is 1. The molecule has 1 aliphatic rings. The third-order valence-electron chi connectivity index (χ3n) is 1.13. The highest BCUT2D eigenvalue weighted by Crippen LogP contribution is 1.96. The average molecular weight is 159 g/mol. The molecule has 1 heterocycles. The summed E-state index contributed by atoms with van der Waals surface area (Å²) in [5, 5.41) is 9.92. The largest absolute Gasteiger partial charge is 0.349 e. The lowest BCUT2D eigenvalue weighted by Gasteiger charge is -2.07. The molecule has 0 aliphatic carbocycles. The Labute approximate surface area is 60.9 Å². The molecule has 0 aromatic carbocycles. The molecule has 7 heteroatoms. The molecule has 0 aromatic rings. The Morgan fingerprint density at radius 2 is 2.27 bits per heavy atom. The maximum Gasteiger partial charge on any atom is 0.349 e. The van der Waals surface area contributed by atoms with Gasteiger partial charge in [-0.05, 0) is 0 Å². The second-order valence-corrected chi connectivity index (χ2v) is 1.86.